The zero-order valence-electron chi connectivity index (χ0n) is 26.4. The summed E-state index contributed by atoms with van der Waals surface area (Å²) in [6.45, 7) is 19.7. The van der Waals surface area contributed by atoms with Crippen LogP contribution in [0.5, 0.6) is 0 Å². The first kappa shape index (κ1) is 29.6. The third-order valence-corrected chi connectivity index (χ3v) is 13.8. The molecular weight excluding hydrogens is 500 g/mol. The Kier molecular flexibility index (Phi) is 6.69. The predicted octanol–water partition coefficient (Wildman–Crippen LogP) is 7.93. The van der Waals surface area contributed by atoms with E-state index in [4.69, 9.17) is 4.74 Å². The van der Waals surface area contributed by atoms with Crippen molar-refractivity contribution in [3.05, 3.63) is 23.3 Å². The Morgan fingerprint density at radius 1 is 0.975 bits per heavy atom. The summed E-state index contributed by atoms with van der Waals surface area (Å²) >= 11 is 0. The van der Waals surface area contributed by atoms with Gasteiger partial charge in [-0.2, -0.15) is 0 Å². The molecule has 222 valence electrons. The Balaban J connectivity index is 1.60. The lowest BCUT2D eigenvalue weighted by Gasteiger charge is -2.70. The van der Waals surface area contributed by atoms with E-state index in [0.29, 0.717) is 42.5 Å². The number of allylic oxidation sites excluding steroid dienone is 3. The monoisotopic (exact) mass is 552 g/mol. The minimum atomic E-state index is -1.10. The van der Waals surface area contributed by atoms with Gasteiger partial charge in [-0.05, 0) is 98.7 Å². The minimum absolute atomic E-state index is 0.0266. The number of fused-ring (bicyclic) bond motifs is 7. The first-order chi connectivity index (χ1) is 18.4. The number of carbonyl (C=O) groups excluding carboxylic acids is 2. The van der Waals surface area contributed by atoms with Gasteiger partial charge in [0, 0.05) is 23.3 Å². The number of ketones is 1. The van der Waals surface area contributed by atoms with Crippen molar-refractivity contribution in [1.29, 1.82) is 0 Å². The van der Waals surface area contributed by atoms with Crippen LogP contribution in [-0.2, 0) is 19.1 Å². The lowest BCUT2D eigenvalue weighted by molar-refractivity contribution is -0.206. The smallest absolute Gasteiger partial charge is 0.333 e. The fraction of sp³-hybridized carbons (Fsp3) is 0.800. The van der Waals surface area contributed by atoms with Crippen LogP contribution in [0.4, 0.5) is 0 Å². The molecule has 0 bridgehead atoms. The highest BCUT2D eigenvalue weighted by Gasteiger charge is 2.71. The van der Waals surface area contributed by atoms with Gasteiger partial charge in [0.25, 0.3) is 0 Å². The van der Waals surface area contributed by atoms with Crippen molar-refractivity contribution in [2.24, 2.45) is 50.2 Å². The first-order valence-corrected chi connectivity index (χ1v) is 15.7. The Labute approximate surface area is 241 Å². The second-order valence-electron chi connectivity index (χ2n) is 16.3. The zero-order valence-corrected chi connectivity index (χ0v) is 26.4. The summed E-state index contributed by atoms with van der Waals surface area (Å²) in [6, 6.07) is 0. The van der Waals surface area contributed by atoms with Crippen molar-refractivity contribution in [2.75, 3.05) is 0 Å². The van der Waals surface area contributed by atoms with Crippen LogP contribution < -0.4 is 0 Å². The van der Waals surface area contributed by atoms with Gasteiger partial charge < -0.3 is 9.84 Å². The van der Waals surface area contributed by atoms with Crippen molar-refractivity contribution in [2.45, 2.75) is 126 Å². The van der Waals surface area contributed by atoms with Crippen LogP contribution in [-0.4, -0.2) is 28.9 Å². The summed E-state index contributed by atoms with van der Waals surface area (Å²) in [5.41, 5.74) is 0.279. The van der Waals surface area contributed by atoms with Crippen LogP contribution in [0.2, 0.25) is 0 Å². The molecule has 5 aliphatic rings. The molecule has 0 aromatic carbocycles. The standard InChI is InChI=1S/C35H52O5/c1-10-21(2)28(37)40-27-20-30(3,4)19-23-22-11-12-25-32(7)15-14-26(36)31(5,6)24(32)13-16-34(25,9)33(22,8)17-18-35(23,27)29(38)39/h10-11,23-25,27H,12-20H2,1-9H3,(H,38,39)/b21-10+. The average molecular weight is 553 g/mol. The largest absolute Gasteiger partial charge is 0.481 e. The number of rotatable bonds is 3. The van der Waals surface area contributed by atoms with Gasteiger partial charge in [-0.25, -0.2) is 4.79 Å². The highest BCUT2D eigenvalue weighted by Crippen LogP contribution is 2.75. The van der Waals surface area contributed by atoms with Gasteiger partial charge in [-0.15, -0.1) is 0 Å². The molecule has 0 saturated heterocycles. The van der Waals surface area contributed by atoms with Crippen molar-refractivity contribution < 1.29 is 24.2 Å². The minimum Gasteiger partial charge on any atom is -0.481 e. The van der Waals surface area contributed by atoms with Crippen LogP contribution in [0.1, 0.15) is 120 Å². The second-order valence-corrected chi connectivity index (χ2v) is 16.3. The van der Waals surface area contributed by atoms with Crippen LogP contribution in [0.25, 0.3) is 0 Å². The highest BCUT2D eigenvalue weighted by molar-refractivity contribution is 5.88. The number of ether oxygens (including phenoxy) is 1. The quantitative estimate of drug-likeness (QED) is 0.218. The fourth-order valence-electron chi connectivity index (χ4n) is 11.1. The van der Waals surface area contributed by atoms with Crippen LogP contribution in [0.3, 0.4) is 0 Å². The van der Waals surface area contributed by atoms with Crippen molar-refractivity contribution in [3.63, 3.8) is 0 Å². The van der Waals surface area contributed by atoms with E-state index in [0.717, 1.165) is 38.5 Å². The van der Waals surface area contributed by atoms with Gasteiger partial charge in [0.2, 0.25) is 0 Å². The highest BCUT2D eigenvalue weighted by atomic mass is 16.5. The van der Waals surface area contributed by atoms with E-state index in [1.807, 2.05) is 6.92 Å². The Morgan fingerprint density at radius 3 is 2.27 bits per heavy atom. The van der Waals surface area contributed by atoms with E-state index in [2.05, 4.69) is 54.5 Å². The molecule has 0 radical (unpaired) electrons. The molecule has 5 heteroatoms. The van der Waals surface area contributed by atoms with Crippen molar-refractivity contribution in [1.82, 2.24) is 0 Å². The van der Waals surface area contributed by atoms with E-state index in [9.17, 15) is 19.5 Å². The number of hydrogen-bond acceptors (Lipinski definition) is 4. The van der Waals surface area contributed by atoms with Gasteiger partial charge in [-0.1, -0.05) is 66.2 Å². The fourth-order valence-corrected chi connectivity index (χ4v) is 11.1. The number of hydrogen-bond donors (Lipinski definition) is 1. The van der Waals surface area contributed by atoms with E-state index >= 15 is 0 Å². The zero-order chi connectivity index (χ0) is 29.7. The molecule has 0 aliphatic heterocycles. The van der Waals surface area contributed by atoms with Crippen LogP contribution in [0.15, 0.2) is 23.3 Å². The summed E-state index contributed by atoms with van der Waals surface area (Å²) in [5.74, 6) is -0.125. The number of carbonyl (C=O) groups is 3. The molecule has 5 nitrogen and oxygen atoms in total. The van der Waals surface area contributed by atoms with Gasteiger partial charge in [0.1, 0.15) is 17.3 Å². The molecule has 0 amide bonds. The molecule has 40 heavy (non-hydrogen) atoms. The van der Waals surface area contributed by atoms with Gasteiger partial charge in [0.05, 0.1) is 0 Å². The number of esters is 1. The number of carboxylic acids is 1. The molecule has 0 aromatic heterocycles. The normalized spacial score (nSPS) is 45.7. The molecule has 0 heterocycles. The predicted molar refractivity (Wildman–Crippen MR) is 156 cm³/mol. The Bertz CT molecular complexity index is 1190. The molecule has 0 spiro atoms. The maximum Gasteiger partial charge on any atom is 0.333 e. The van der Waals surface area contributed by atoms with Crippen LogP contribution >= 0.6 is 0 Å². The Morgan fingerprint density at radius 2 is 1.65 bits per heavy atom. The molecule has 4 fully saturated rings. The van der Waals surface area contributed by atoms with Crippen LogP contribution in [0, 0.1) is 50.2 Å². The second kappa shape index (κ2) is 9.04. The number of carboxylic acid groups (broad SMARTS) is 1. The third kappa shape index (κ3) is 3.73. The van der Waals surface area contributed by atoms with Gasteiger partial charge in [-0.3, -0.25) is 9.59 Å². The maximum absolute atomic E-state index is 13.4. The molecule has 8 unspecified atom stereocenters. The summed E-state index contributed by atoms with van der Waals surface area (Å²) < 4.78 is 6.13. The summed E-state index contributed by atoms with van der Waals surface area (Å²) in [6.07, 6.45) is 10.9. The van der Waals surface area contributed by atoms with Gasteiger partial charge in [0.15, 0.2) is 0 Å². The Hall–Kier alpha value is -1.91. The van der Waals surface area contributed by atoms with Gasteiger partial charge >= 0.3 is 11.9 Å². The number of aliphatic carboxylic acids is 1. The summed E-state index contributed by atoms with van der Waals surface area (Å²) in [5, 5.41) is 11.0. The summed E-state index contributed by atoms with van der Waals surface area (Å²) in [4.78, 5) is 39.4. The molecule has 4 saturated carbocycles. The molecule has 1 N–H and O–H groups in total. The van der Waals surface area contributed by atoms with E-state index in [-0.39, 0.29) is 33.0 Å². The van der Waals surface area contributed by atoms with E-state index in [1.54, 1.807) is 13.0 Å². The lowest BCUT2D eigenvalue weighted by atomic mass is 9.33. The lowest BCUT2D eigenvalue weighted by Crippen LogP contribution is -2.66. The van der Waals surface area contributed by atoms with Crippen molar-refractivity contribution >= 4 is 17.7 Å². The molecule has 5 rings (SSSR count). The molecule has 0 aromatic rings. The topological polar surface area (TPSA) is 80.7 Å². The molecule has 8 atom stereocenters. The third-order valence-electron chi connectivity index (χ3n) is 13.8. The average Bonchev–Trinajstić information content (AvgIpc) is 2.85. The maximum atomic E-state index is 13.4. The van der Waals surface area contributed by atoms with E-state index < -0.39 is 23.5 Å². The summed E-state index contributed by atoms with van der Waals surface area (Å²) in [7, 11) is 0. The first-order valence-electron chi connectivity index (χ1n) is 15.7. The number of Topliss-reactive ketones (excluding diaryl/α,β-unsaturated/α-hetero) is 1. The van der Waals surface area contributed by atoms with E-state index in [1.165, 1.54) is 5.57 Å². The van der Waals surface area contributed by atoms with Crippen molar-refractivity contribution in [3.8, 4) is 0 Å². The molecular formula is C35H52O5. The molecule has 5 aliphatic carbocycles. The SMILES string of the molecule is C/C=C(\C)C(=O)OC1CC(C)(C)CC2C3=CCC4C5(C)CCC(=O)C(C)(C)C5CCC4(C)C3(C)CCC12C(=O)O.